The van der Waals surface area contributed by atoms with Gasteiger partial charge < -0.3 is 10.2 Å². The first-order chi connectivity index (χ1) is 14.9. The molecule has 6 nitrogen and oxygen atoms in total. The molecule has 160 valence electrons. The van der Waals surface area contributed by atoms with Crippen molar-refractivity contribution in [3.8, 4) is 0 Å². The van der Waals surface area contributed by atoms with Gasteiger partial charge >= 0.3 is 0 Å². The van der Waals surface area contributed by atoms with Crippen molar-refractivity contribution >= 4 is 17.7 Å². The number of nitrogens with one attached hydrogen (secondary N) is 2. The van der Waals surface area contributed by atoms with Crippen molar-refractivity contribution in [3.63, 3.8) is 0 Å². The van der Waals surface area contributed by atoms with E-state index in [4.69, 9.17) is 0 Å². The third-order valence-corrected chi connectivity index (χ3v) is 7.09. The molecular formula is C25H27N3O3. The van der Waals surface area contributed by atoms with Gasteiger partial charge in [-0.05, 0) is 61.4 Å². The Kier molecular flexibility index (Phi) is 4.89. The molecule has 3 heterocycles. The highest BCUT2D eigenvalue weighted by atomic mass is 16.2. The highest BCUT2D eigenvalue weighted by Crippen LogP contribution is 2.39. The number of rotatable bonds is 3. The van der Waals surface area contributed by atoms with Gasteiger partial charge in [0.25, 0.3) is 5.91 Å². The molecule has 3 aliphatic heterocycles. The Bertz CT molecular complexity index is 1050. The minimum Gasteiger partial charge on any atom is -0.322 e. The van der Waals surface area contributed by atoms with Crippen LogP contribution in [0.25, 0.3) is 0 Å². The van der Waals surface area contributed by atoms with Gasteiger partial charge in [0.1, 0.15) is 6.04 Å². The van der Waals surface area contributed by atoms with E-state index in [0.29, 0.717) is 24.4 Å². The van der Waals surface area contributed by atoms with Gasteiger partial charge in [-0.3, -0.25) is 19.7 Å². The fourth-order valence-corrected chi connectivity index (χ4v) is 5.35. The first kappa shape index (κ1) is 19.9. The Morgan fingerprint density at radius 1 is 1.03 bits per heavy atom. The van der Waals surface area contributed by atoms with Gasteiger partial charge in [0.05, 0.1) is 0 Å². The van der Waals surface area contributed by atoms with Gasteiger partial charge in [-0.1, -0.05) is 42.5 Å². The second-order valence-electron chi connectivity index (χ2n) is 9.13. The maximum atomic E-state index is 12.9. The number of carbonyl (C=O) groups is 3. The molecule has 5 rings (SSSR count). The highest BCUT2D eigenvalue weighted by molar-refractivity contribution is 6.05. The molecule has 2 aromatic carbocycles. The van der Waals surface area contributed by atoms with E-state index in [9.17, 15) is 14.4 Å². The minimum atomic E-state index is -0.568. The predicted molar refractivity (Wildman–Crippen MR) is 116 cm³/mol. The van der Waals surface area contributed by atoms with Crippen LogP contribution in [0.5, 0.6) is 0 Å². The van der Waals surface area contributed by atoms with Crippen molar-refractivity contribution in [1.29, 1.82) is 0 Å². The van der Waals surface area contributed by atoms with Gasteiger partial charge in [0, 0.05) is 24.1 Å². The van der Waals surface area contributed by atoms with Crippen LogP contribution in [0.2, 0.25) is 0 Å². The fourth-order valence-electron chi connectivity index (χ4n) is 5.35. The molecular weight excluding hydrogens is 390 g/mol. The summed E-state index contributed by atoms with van der Waals surface area (Å²) in [7, 11) is 0. The second kappa shape index (κ2) is 7.61. The Labute approximate surface area is 182 Å². The molecule has 2 N–H and O–H groups in total. The number of hydrogen-bond donors (Lipinski definition) is 2. The molecule has 6 heteroatoms. The van der Waals surface area contributed by atoms with Crippen molar-refractivity contribution in [1.82, 2.24) is 15.5 Å². The van der Waals surface area contributed by atoms with Gasteiger partial charge in [0.15, 0.2) is 0 Å². The van der Waals surface area contributed by atoms with Gasteiger partial charge in [-0.2, -0.15) is 0 Å². The summed E-state index contributed by atoms with van der Waals surface area (Å²) in [6, 6.07) is 16.1. The van der Waals surface area contributed by atoms with Crippen LogP contribution in [0.15, 0.2) is 48.5 Å². The molecule has 3 aliphatic rings. The van der Waals surface area contributed by atoms with E-state index in [1.54, 1.807) is 4.90 Å². The van der Waals surface area contributed by atoms with E-state index < -0.39 is 6.04 Å². The summed E-state index contributed by atoms with van der Waals surface area (Å²) < 4.78 is 0. The molecule has 0 aromatic heterocycles. The Morgan fingerprint density at radius 3 is 2.61 bits per heavy atom. The van der Waals surface area contributed by atoms with Crippen molar-refractivity contribution in [3.05, 3.63) is 70.8 Å². The van der Waals surface area contributed by atoms with E-state index >= 15 is 0 Å². The minimum absolute atomic E-state index is 0.0855. The Hall–Kier alpha value is -2.99. The summed E-state index contributed by atoms with van der Waals surface area (Å²) >= 11 is 0. The number of benzene rings is 2. The molecule has 2 fully saturated rings. The quantitative estimate of drug-likeness (QED) is 0.753. The molecule has 0 radical (unpaired) electrons. The van der Waals surface area contributed by atoms with E-state index in [1.165, 1.54) is 11.1 Å². The normalized spacial score (nSPS) is 28.4. The zero-order valence-corrected chi connectivity index (χ0v) is 17.7. The molecule has 0 bridgehead atoms. The molecule has 3 unspecified atom stereocenters. The zero-order chi connectivity index (χ0) is 21.6. The topological polar surface area (TPSA) is 78.5 Å². The van der Waals surface area contributed by atoms with Crippen LogP contribution >= 0.6 is 0 Å². The van der Waals surface area contributed by atoms with E-state index in [1.807, 2.05) is 12.1 Å². The van der Waals surface area contributed by atoms with Crippen molar-refractivity contribution < 1.29 is 14.4 Å². The molecule has 2 aromatic rings. The van der Waals surface area contributed by atoms with Gasteiger partial charge in [-0.15, -0.1) is 0 Å². The lowest BCUT2D eigenvalue weighted by molar-refractivity contribution is -0.136. The van der Waals surface area contributed by atoms with E-state index in [2.05, 4.69) is 54.0 Å². The highest BCUT2D eigenvalue weighted by Gasteiger charge is 2.40. The van der Waals surface area contributed by atoms with Crippen molar-refractivity contribution in [2.75, 3.05) is 6.54 Å². The van der Waals surface area contributed by atoms with Crippen molar-refractivity contribution in [2.24, 2.45) is 0 Å². The largest absolute Gasteiger partial charge is 0.322 e. The molecule has 0 saturated carbocycles. The number of fused-ring (bicyclic) bond motifs is 1. The van der Waals surface area contributed by atoms with Gasteiger partial charge in [0.2, 0.25) is 11.8 Å². The van der Waals surface area contributed by atoms with E-state index in [0.717, 1.165) is 24.9 Å². The Balaban J connectivity index is 1.37. The summed E-state index contributed by atoms with van der Waals surface area (Å²) in [6.07, 6.45) is 2.70. The average molecular weight is 418 g/mol. The van der Waals surface area contributed by atoms with Gasteiger partial charge in [-0.25, -0.2) is 0 Å². The van der Waals surface area contributed by atoms with Crippen LogP contribution in [0.4, 0.5) is 0 Å². The smallest absolute Gasteiger partial charge is 0.255 e. The number of amides is 3. The molecule has 0 aliphatic carbocycles. The van der Waals surface area contributed by atoms with Crippen LogP contribution < -0.4 is 10.6 Å². The molecule has 2 saturated heterocycles. The summed E-state index contributed by atoms with van der Waals surface area (Å²) in [6.45, 7) is 3.62. The third-order valence-electron chi connectivity index (χ3n) is 7.09. The zero-order valence-electron chi connectivity index (χ0n) is 17.7. The SMILES string of the molecule is CC1(c2ccccc2)CC(c2ccc3c(c2)CN(C2CCC(=O)NC2=O)C3=O)CCN1. The number of piperidine rings is 2. The molecule has 0 spiro atoms. The second-order valence-corrected chi connectivity index (χ2v) is 9.13. The van der Waals surface area contributed by atoms with Crippen LogP contribution in [0.1, 0.15) is 65.6 Å². The standard InChI is InChI=1S/C25H27N3O3/c1-25(19-5-3-2-4-6-19)14-17(11-12-26-25)16-7-8-20-18(13-16)15-28(24(20)31)21-9-10-22(29)27-23(21)30/h2-8,13,17,21,26H,9-12,14-15H2,1H3,(H,27,29,30). The maximum absolute atomic E-state index is 12.9. The fraction of sp³-hybridized carbons (Fsp3) is 0.400. The lowest BCUT2D eigenvalue weighted by Gasteiger charge is -2.40. The van der Waals surface area contributed by atoms with E-state index in [-0.39, 0.29) is 29.7 Å². The number of imide groups is 1. The van der Waals surface area contributed by atoms with Crippen LogP contribution in [-0.2, 0) is 21.7 Å². The first-order valence-electron chi connectivity index (χ1n) is 11.0. The van der Waals surface area contributed by atoms with Crippen LogP contribution in [0.3, 0.4) is 0 Å². The monoisotopic (exact) mass is 417 g/mol. The summed E-state index contributed by atoms with van der Waals surface area (Å²) in [5.41, 5.74) is 4.11. The average Bonchev–Trinajstić information content (AvgIpc) is 3.10. The third kappa shape index (κ3) is 3.55. The predicted octanol–water partition coefficient (Wildman–Crippen LogP) is 2.83. The number of carbonyl (C=O) groups excluding carboxylic acids is 3. The number of nitrogens with zero attached hydrogens (tertiary/aromatic N) is 1. The summed E-state index contributed by atoms with van der Waals surface area (Å²) in [5, 5.41) is 6.06. The summed E-state index contributed by atoms with van der Waals surface area (Å²) in [4.78, 5) is 38.3. The molecule has 3 amide bonds. The van der Waals surface area contributed by atoms with Crippen LogP contribution in [0, 0.1) is 0 Å². The first-order valence-corrected chi connectivity index (χ1v) is 11.0. The Morgan fingerprint density at radius 2 is 1.84 bits per heavy atom. The van der Waals surface area contributed by atoms with Crippen LogP contribution in [-0.4, -0.2) is 35.2 Å². The summed E-state index contributed by atoms with van der Waals surface area (Å²) in [5.74, 6) is -0.346. The number of hydrogen-bond acceptors (Lipinski definition) is 4. The lowest BCUT2D eigenvalue weighted by atomic mass is 9.76. The van der Waals surface area contributed by atoms with Crippen molar-refractivity contribution in [2.45, 2.75) is 56.7 Å². The maximum Gasteiger partial charge on any atom is 0.255 e. The lowest BCUT2D eigenvalue weighted by Crippen LogP contribution is -2.52. The molecule has 3 atom stereocenters. The molecule has 31 heavy (non-hydrogen) atoms.